The molecule has 1 aliphatic heterocycles. The number of nitrogens with zero attached hydrogens (tertiary/aromatic N) is 1. The Morgan fingerprint density at radius 2 is 2.24 bits per heavy atom. The molecule has 1 aliphatic rings. The van der Waals surface area contributed by atoms with Gasteiger partial charge in [0.15, 0.2) is 6.10 Å². The number of hydrogen-bond donors (Lipinski definition) is 1. The van der Waals surface area contributed by atoms with Gasteiger partial charge in [-0.2, -0.15) is 0 Å². The van der Waals surface area contributed by atoms with Gasteiger partial charge in [-0.05, 0) is 38.0 Å². The number of nitrogens with two attached hydrogens (primary N) is 1. The van der Waals surface area contributed by atoms with Gasteiger partial charge in [-0.25, -0.2) is 0 Å². The van der Waals surface area contributed by atoms with Gasteiger partial charge in [-0.1, -0.05) is 17.7 Å². The molecule has 0 radical (unpaired) electrons. The molecule has 0 aliphatic carbocycles. The summed E-state index contributed by atoms with van der Waals surface area (Å²) in [6.07, 6.45) is 0.890. The van der Waals surface area contributed by atoms with E-state index in [9.17, 15) is 9.59 Å². The molecule has 5 nitrogen and oxygen atoms in total. The molecule has 0 saturated carbocycles. The Hall–Kier alpha value is -1.75. The Bertz CT molecular complexity index is 535. The Morgan fingerprint density at radius 1 is 1.48 bits per heavy atom. The van der Waals surface area contributed by atoms with Crippen molar-refractivity contribution in [3.05, 3.63) is 29.3 Å². The first-order valence-electron chi connectivity index (χ1n) is 6.97. The number of piperidine rings is 1. The second-order valence-corrected chi connectivity index (χ2v) is 5.68. The molecule has 2 unspecified atom stereocenters. The maximum Gasteiger partial charge on any atom is 0.263 e. The normalized spacial score (nSPS) is 19.9. The van der Waals surface area contributed by atoms with Crippen LogP contribution in [-0.4, -0.2) is 35.9 Å². The molecule has 2 amide bonds. The van der Waals surface area contributed by atoms with E-state index in [4.69, 9.17) is 22.1 Å². The van der Waals surface area contributed by atoms with Crippen molar-refractivity contribution in [2.24, 2.45) is 11.7 Å². The summed E-state index contributed by atoms with van der Waals surface area (Å²) in [5.41, 5.74) is 5.32. The van der Waals surface area contributed by atoms with Gasteiger partial charge in [-0.15, -0.1) is 0 Å². The smallest absolute Gasteiger partial charge is 0.263 e. The number of rotatable bonds is 4. The lowest BCUT2D eigenvalue weighted by Gasteiger charge is -2.32. The molecule has 1 aromatic carbocycles. The predicted molar refractivity (Wildman–Crippen MR) is 80.0 cm³/mol. The van der Waals surface area contributed by atoms with Crippen LogP contribution in [-0.2, 0) is 9.59 Å². The minimum absolute atomic E-state index is 0.138. The number of hydrogen-bond acceptors (Lipinski definition) is 3. The van der Waals surface area contributed by atoms with Crippen molar-refractivity contribution >= 4 is 23.4 Å². The maximum absolute atomic E-state index is 12.4. The van der Waals surface area contributed by atoms with E-state index in [2.05, 4.69) is 0 Å². The summed E-state index contributed by atoms with van der Waals surface area (Å²) in [7, 11) is 0. The molecular formula is C15H19ClN2O3. The summed E-state index contributed by atoms with van der Waals surface area (Å²) < 4.78 is 5.61. The van der Waals surface area contributed by atoms with E-state index in [0.29, 0.717) is 23.9 Å². The van der Waals surface area contributed by atoms with Gasteiger partial charge in [0.05, 0.1) is 5.92 Å². The first-order valence-corrected chi connectivity index (χ1v) is 7.35. The fourth-order valence-corrected chi connectivity index (χ4v) is 2.64. The zero-order valence-electron chi connectivity index (χ0n) is 11.9. The first-order chi connectivity index (χ1) is 9.97. The standard InChI is InChI=1S/C15H19ClN2O3/c1-10(21-13-6-2-5-12(16)8-13)15(20)18-7-3-4-11(9-18)14(17)19/h2,5-6,8,10-11H,3-4,7,9H2,1H3,(H2,17,19). The van der Waals surface area contributed by atoms with E-state index < -0.39 is 6.10 Å². The summed E-state index contributed by atoms with van der Waals surface area (Å²) in [4.78, 5) is 25.3. The number of halogens is 1. The molecule has 0 bridgehead atoms. The Labute approximate surface area is 129 Å². The molecule has 1 saturated heterocycles. The fraction of sp³-hybridized carbons (Fsp3) is 0.467. The van der Waals surface area contributed by atoms with Crippen LogP contribution in [0.5, 0.6) is 5.75 Å². The number of carbonyl (C=O) groups excluding carboxylic acids is 2. The van der Waals surface area contributed by atoms with Gasteiger partial charge in [0.1, 0.15) is 5.75 Å². The van der Waals surface area contributed by atoms with Crippen LogP contribution in [0.2, 0.25) is 5.02 Å². The van der Waals surface area contributed by atoms with E-state index in [1.807, 2.05) is 0 Å². The van der Waals surface area contributed by atoms with Crippen LogP contribution in [0.15, 0.2) is 24.3 Å². The number of amides is 2. The molecule has 0 aromatic heterocycles. The predicted octanol–water partition coefficient (Wildman–Crippen LogP) is 1.83. The van der Waals surface area contributed by atoms with Crippen LogP contribution in [0.4, 0.5) is 0 Å². The van der Waals surface area contributed by atoms with Crippen LogP contribution in [0.3, 0.4) is 0 Å². The third kappa shape index (κ3) is 4.11. The van der Waals surface area contributed by atoms with Crippen LogP contribution < -0.4 is 10.5 Å². The second-order valence-electron chi connectivity index (χ2n) is 5.24. The fourth-order valence-electron chi connectivity index (χ4n) is 2.46. The molecule has 1 aromatic rings. The van der Waals surface area contributed by atoms with Gasteiger partial charge >= 0.3 is 0 Å². The highest BCUT2D eigenvalue weighted by molar-refractivity contribution is 6.30. The van der Waals surface area contributed by atoms with E-state index in [0.717, 1.165) is 12.8 Å². The molecule has 2 atom stereocenters. The van der Waals surface area contributed by atoms with Crippen molar-refractivity contribution in [2.75, 3.05) is 13.1 Å². The molecule has 6 heteroatoms. The monoisotopic (exact) mass is 310 g/mol. The van der Waals surface area contributed by atoms with Gasteiger partial charge in [0.25, 0.3) is 5.91 Å². The summed E-state index contributed by atoms with van der Waals surface area (Å²) in [5, 5.41) is 0.555. The van der Waals surface area contributed by atoms with Crippen LogP contribution in [0.25, 0.3) is 0 Å². The SMILES string of the molecule is CC(Oc1cccc(Cl)c1)C(=O)N1CCCC(C(N)=O)C1. The van der Waals surface area contributed by atoms with E-state index in [1.165, 1.54) is 0 Å². The molecule has 1 heterocycles. The van der Waals surface area contributed by atoms with Crippen molar-refractivity contribution in [3.63, 3.8) is 0 Å². The third-order valence-electron chi connectivity index (χ3n) is 3.59. The van der Waals surface area contributed by atoms with Gasteiger partial charge in [-0.3, -0.25) is 9.59 Å². The summed E-state index contributed by atoms with van der Waals surface area (Å²) in [6.45, 7) is 2.69. The molecular weight excluding hydrogens is 292 g/mol. The lowest BCUT2D eigenvalue weighted by atomic mass is 9.97. The lowest BCUT2D eigenvalue weighted by molar-refractivity contribution is -0.141. The van der Waals surface area contributed by atoms with E-state index in [-0.39, 0.29) is 17.7 Å². The molecule has 0 spiro atoms. The number of carbonyl (C=O) groups is 2. The first kappa shape index (κ1) is 15.6. The van der Waals surface area contributed by atoms with Crippen molar-refractivity contribution < 1.29 is 14.3 Å². The molecule has 2 rings (SSSR count). The van der Waals surface area contributed by atoms with Crippen LogP contribution in [0, 0.1) is 5.92 Å². The molecule has 1 fully saturated rings. The van der Waals surface area contributed by atoms with Crippen molar-refractivity contribution in [1.29, 1.82) is 0 Å². The van der Waals surface area contributed by atoms with E-state index >= 15 is 0 Å². The summed E-state index contributed by atoms with van der Waals surface area (Å²) in [5.74, 6) is -0.204. The quantitative estimate of drug-likeness (QED) is 0.922. The topological polar surface area (TPSA) is 72.6 Å². The minimum Gasteiger partial charge on any atom is -0.481 e. The third-order valence-corrected chi connectivity index (χ3v) is 3.83. The summed E-state index contributed by atoms with van der Waals surface area (Å²) in [6, 6.07) is 6.91. The minimum atomic E-state index is -0.630. The molecule has 2 N–H and O–H groups in total. The van der Waals surface area contributed by atoms with Gasteiger partial charge < -0.3 is 15.4 Å². The number of likely N-dealkylation sites (tertiary alicyclic amines) is 1. The molecule has 114 valence electrons. The largest absolute Gasteiger partial charge is 0.481 e. The number of primary amides is 1. The van der Waals surface area contributed by atoms with Crippen molar-refractivity contribution in [3.8, 4) is 5.75 Å². The maximum atomic E-state index is 12.4. The number of ether oxygens (including phenoxy) is 1. The average molecular weight is 311 g/mol. The van der Waals surface area contributed by atoms with E-state index in [1.54, 1.807) is 36.1 Å². The highest BCUT2D eigenvalue weighted by atomic mass is 35.5. The Morgan fingerprint density at radius 3 is 2.90 bits per heavy atom. The van der Waals surface area contributed by atoms with Crippen LogP contribution in [0.1, 0.15) is 19.8 Å². The van der Waals surface area contributed by atoms with Crippen LogP contribution >= 0.6 is 11.6 Å². The van der Waals surface area contributed by atoms with Crippen molar-refractivity contribution in [2.45, 2.75) is 25.9 Å². The zero-order chi connectivity index (χ0) is 15.4. The second kappa shape index (κ2) is 6.80. The molecule has 21 heavy (non-hydrogen) atoms. The number of benzene rings is 1. The zero-order valence-corrected chi connectivity index (χ0v) is 12.7. The Balaban J connectivity index is 1.97. The average Bonchev–Trinajstić information content (AvgIpc) is 2.46. The highest BCUT2D eigenvalue weighted by Gasteiger charge is 2.30. The van der Waals surface area contributed by atoms with Gasteiger partial charge in [0, 0.05) is 18.1 Å². The van der Waals surface area contributed by atoms with Gasteiger partial charge in [0.2, 0.25) is 5.91 Å². The van der Waals surface area contributed by atoms with Crippen molar-refractivity contribution in [1.82, 2.24) is 4.90 Å². The lowest BCUT2D eigenvalue weighted by Crippen LogP contribution is -2.48. The summed E-state index contributed by atoms with van der Waals surface area (Å²) >= 11 is 5.88. The Kier molecular flexibility index (Phi) is 5.07. The highest BCUT2D eigenvalue weighted by Crippen LogP contribution is 2.21.